The Hall–Kier alpha value is -1.07. The van der Waals surface area contributed by atoms with Gasteiger partial charge in [-0.1, -0.05) is 12.1 Å². The van der Waals surface area contributed by atoms with E-state index in [1.54, 1.807) is 0 Å². The number of benzene rings is 1. The number of alkyl halides is 3. The van der Waals surface area contributed by atoms with Gasteiger partial charge in [-0.05, 0) is 38.1 Å². The van der Waals surface area contributed by atoms with Crippen molar-refractivity contribution in [3.8, 4) is 5.75 Å². The summed E-state index contributed by atoms with van der Waals surface area (Å²) in [5, 5.41) is 3.18. The molecule has 1 aromatic rings. The Kier molecular flexibility index (Phi) is 8.15. The predicted molar refractivity (Wildman–Crippen MR) is 92.0 cm³/mol. The van der Waals surface area contributed by atoms with Gasteiger partial charge in [-0.25, -0.2) is 13.1 Å². The van der Waals surface area contributed by atoms with E-state index in [4.69, 9.17) is 4.74 Å². The largest absolute Gasteiger partial charge is 0.573 e. The highest BCUT2D eigenvalue weighted by atomic mass is 35.5. The number of hydrogen-bond acceptors (Lipinski definition) is 5. The zero-order valence-electron chi connectivity index (χ0n) is 14.1. The lowest BCUT2D eigenvalue weighted by atomic mass is 9.80. The van der Waals surface area contributed by atoms with Crippen molar-refractivity contribution in [2.24, 2.45) is 5.41 Å². The van der Waals surface area contributed by atoms with Crippen molar-refractivity contribution in [3.05, 3.63) is 24.3 Å². The first kappa shape index (κ1) is 23.0. The molecule has 1 saturated heterocycles. The summed E-state index contributed by atoms with van der Waals surface area (Å²) in [5.74, 6) is -0.756. The molecule has 0 bridgehead atoms. The zero-order chi connectivity index (χ0) is 18.6. The lowest BCUT2D eigenvalue weighted by Gasteiger charge is -2.37. The van der Waals surface area contributed by atoms with Gasteiger partial charge >= 0.3 is 6.36 Å². The van der Waals surface area contributed by atoms with Crippen LogP contribution in [0.4, 0.5) is 13.2 Å². The highest BCUT2D eigenvalue weighted by molar-refractivity contribution is 7.89. The van der Waals surface area contributed by atoms with E-state index < -0.39 is 32.4 Å². The Morgan fingerprint density at radius 1 is 1.23 bits per heavy atom. The van der Waals surface area contributed by atoms with Crippen molar-refractivity contribution in [1.29, 1.82) is 0 Å². The summed E-state index contributed by atoms with van der Waals surface area (Å²) in [6.45, 7) is 1.88. The summed E-state index contributed by atoms with van der Waals surface area (Å²) in [5.41, 5.74) is -0.396. The second kappa shape index (κ2) is 9.23. The smallest absolute Gasteiger partial charge is 0.404 e. The molecule has 0 aromatic heterocycles. The molecule has 0 unspecified atom stereocenters. The third-order valence-corrected chi connectivity index (χ3v) is 5.56. The van der Waals surface area contributed by atoms with Crippen LogP contribution in [0.5, 0.6) is 5.75 Å². The van der Waals surface area contributed by atoms with Crippen LogP contribution in [0.1, 0.15) is 12.8 Å². The molecule has 0 spiro atoms. The van der Waals surface area contributed by atoms with Gasteiger partial charge in [0.25, 0.3) is 0 Å². The molecule has 0 saturated carbocycles. The van der Waals surface area contributed by atoms with E-state index in [1.165, 1.54) is 19.2 Å². The van der Waals surface area contributed by atoms with Crippen molar-refractivity contribution >= 4 is 22.4 Å². The SMILES string of the molecule is COCC1(CNS(=O)(=O)c2ccccc2OC(F)(F)F)CCNCC1.Cl. The number of piperidine rings is 1. The van der Waals surface area contributed by atoms with Crippen LogP contribution in [0.3, 0.4) is 0 Å². The summed E-state index contributed by atoms with van der Waals surface area (Å²) in [6.07, 6.45) is -3.58. The van der Waals surface area contributed by atoms with E-state index in [0.717, 1.165) is 25.2 Å². The molecule has 0 radical (unpaired) electrons. The van der Waals surface area contributed by atoms with Crippen LogP contribution in [0, 0.1) is 5.41 Å². The van der Waals surface area contributed by atoms with Gasteiger partial charge in [0.15, 0.2) is 0 Å². The average Bonchev–Trinajstić information content (AvgIpc) is 2.53. The molecule has 2 N–H and O–H groups in total. The van der Waals surface area contributed by atoms with E-state index in [0.29, 0.717) is 19.4 Å². The number of hydrogen-bond donors (Lipinski definition) is 2. The van der Waals surface area contributed by atoms with Gasteiger partial charge < -0.3 is 14.8 Å². The first-order chi connectivity index (χ1) is 11.7. The Morgan fingerprint density at radius 3 is 2.42 bits per heavy atom. The van der Waals surface area contributed by atoms with Crippen molar-refractivity contribution in [2.75, 3.05) is 33.4 Å². The molecule has 1 fully saturated rings. The fourth-order valence-corrected chi connectivity index (χ4v) is 4.13. The quantitative estimate of drug-likeness (QED) is 0.710. The van der Waals surface area contributed by atoms with E-state index in [2.05, 4.69) is 14.8 Å². The standard InChI is InChI=1S/C15H21F3N2O4S.ClH/c1-23-11-14(6-8-19-9-7-14)10-20-25(21,22)13-5-3-2-4-12(13)24-15(16,17)18;/h2-5,19-20H,6-11H2,1H3;1H. The maximum atomic E-state index is 12.5. The molecule has 0 amide bonds. The Labute approximate surface area is 156 Å². The minimum atomic E-state index is -4.97. The van der Waals surface area contributed by atoms with Crippen LogP contribution < -0.4 is 14.8 Å². The monoisotopic (exact) mass is 418 g/mol. The van der Waals surface area contributed by atoms with Gasteiger partial charge in [0, 0.05) is 19.1 Å². The number of rotatable bonds is 7. The van der Waals surface area contributed by atoms with E-state index in [9.17, 15) is 21.6 Å². The summed E-state index contributed by atoms with van der Waals surface area (Å²) in [7, 11) is -2.64. The molecule has 150 valence electrons. The van der Waals surface area contributed by atoms with Gasteiger partial charge in [0.1, 0.15) is 10.6 Å². The maximum Gasteiger partial charge on any atom is 0.573 e. The number of ether oxygens (including phenoxy) is 2. The molecular formula is C15H22ClF3N2O4S. The third kappa shape index (κ3) is 6.27. The zero-order valence-corrected chi connectivity index (χ0v) is 15.8. The molecule has 1 heterocycles. The summed E-state index contributed by atoms with van der Waals surface area (Å²) in [4.78, 5) is -0.547. The van der Waals surface area contributed by atoms with Crippen LogP contribution in [0.2, 0.25) is 0 Å². The van der Waals surface area contributed by atoms with Gasteiger partial charge in [-0.15, -0.1) is 25.6 Å². The molecule has 1 aromatic carbocycles. The molecule has 26 heavy (non-hydrogen) atoms. The van der Waals surface area contributed by atoms with Gasteiger partial charge in [0.05, 0.1) is 6.61 Å². The fraction of sp³-hybridized carbons (Fsp3) is 0.600. The van der Waals surface area contributed by atoms with Gasteiger partial charge in [0.2, 0.25) is 10.0 Å². The van der Waals surface area contributed by atoms with Gasteiger partial charge in [-0.3, -0.25) is 0 Å². The third-order valence-electron chi connectivity index (χ3n) is 4.12. The summed E-state index contributed by atoms with van der Waals surface area (Å²) in [6, 6.07) is 4.67. The molecule has 11 heteroatoms. The van der Waals surface area contributed by atoms with E-state index in [-0.39, 0.29) is 19.0 Å². The maximum absolute atomic E-state index is 12.5. The van der Waals surface area contributed by atoms with Crippen LogP contribution in [0.15, 0.2) is 29.2 Å². The molecule has 0 atom stereocenters. The number of para-hydroxylation sites is 1. The molecule has 1 aliphatic rings. The number of sulfonamides is 1. The van der Waals surface area contributed by atoms with Crippen molar-refractivity contribution < 1.29 is 31.1 Å². The normalized spacial score (nSPS) is 17.4. The topological polar surface area (TPSA) is 76.7 Å². The lowest BCUT2D eigenvalue weighted by Crippen LogP contribution is -2.47. The highest BCUT2D eigenvalue weighted by Gasteiger charge is 2.36. The average molecular weight is 419 g/mol. The first-order valence-corrected chi connectivity index (χ1v) is 9.20. The van der Waals surface area contributed by atoms with Crippen LogP contribution in [-0.4, -0.2) is 48.1 Å². The minimum absolute atomic E-state index is 0. The Morgan fingerprint density at radius 2 is 1.85 bits per heavy atom. The number of methoxy groups -OCH3 is 1. The predicted octanol–water partition coefficient (Wildman–Crippen LogP) is 2.30. The van der Waals surface area contributed by atoms with Crippen molar-refractivity contribution in [3.63, 3.8) is 0 Å². The Balaban J connectivity index is 0.00000338. The Bertz CT molecular complexity index is 674. The first-order valence-electron chi connectivity index (χ1n) is 7.72. The molecule has 2 rings (SSSR count). The molecule has 1 aliphatic heterocycles. The van der Waals surface area contributed by atoms with Crippen molar-refractivity contribution in [1.82, 2.24) is 10.0 Å². The summed E-state index contributed by atoms with van der Waals surface area (Å²) < 4.78 is 73.9. The van der Waals surface area contributed by atoms with Crippen LogP contribution in [-0.2, 0) is 14.8 Å². The fourth-order valence-electron chi connectivity index (χ4n) is 2.84. The van der Waals surface area contributed by atoms with E-state index >= 15 is 0 Å². The van der Waals surface area contributed by atoms with Crippen LogP contribution >= 0.6 is 12.4 Å². The number of nitrogens with one attached hydrogen (secondary N) is 2. The summed E-state index contributed by atoms with van der Waals surface area (Å²) >= 11 is 0. The second-order valence-corrected chi connectivity index (χ2v) is 7.74. The second-order valence-electron chi connectivity index (χ2n) is 6.00. The minimum Gasteiger partial charge on any atom is -0.404 e. The van der Waals surface area contributed by atoms with Crippen LogP contribution in [0.25, 0.3) is 0 Å². The molecule has 0 aliphatic carbocycles. The molecule has 6 nitrogen and oxygen atoms in total. The highest BCUT2D eigenvalue weighted by Crippen LogP contribution is 2.31. The van der Waals surface area contributed by atoms with Gasteiger partial charge in [-0.2, -0.15) is 0 Å². The molecular weight excluding hydrogens is 397 g/mol. The van der Waals surface area contributed by atoms with Crippen molar-refractivity contribution in [2.45, 2.75) is 24.1 Å². The van der Waals surface area contributed by atoms with E-state index in [1.807, 2.05) is 0 Å². The lowest BCUT2D eigenvalue weighted by molar-refractivity contribution is -0.275. The number of halogens is 4.